The second-order valence-electron chi connectivity index (χ2n) is 4.16. The van der Waals surface area contributed by atoms with Gasteiger partial charge < -0.3 is 0 Å². The lowest BCUT2D eigenvalue weighted by Gasteiger charge is -2.05. The first-order valence-electron chi connectivity index (χ1n) is 5.31. The van der Waals surface area contributed by atoms with Gasteiger partial charge in [0, 0.05) is 17.7 Å². The topological polar surface area (TPSA) is 3.88 Å². The molecule has 1 aromatic carbocycles. The second kappa shape index (κ2) is 4.05. The average Bonchev–Trinajstić information content (AvgIpc) is 2.22. The van der Waals surface area contributed by atoms with Crippen molar-refractivity contribution in [3.05, 3.63) is 53.5 Å². The number of halogens is 1. The quantitative estimate of drug-likeness (QED) is 0.645. The molecule has 1 heterocycles. The van der Waals surface area contributed by atoms with Crippen molar-refractivity contribution in [1.82, 2.24) is 0 Å². The van der Waals surface area contributed by atoms with Gasteiger partial charge in [-0.1, -0.05) is 17.7 Å². The molecule has 1 nitrogen and oxygen atoms in total. The third-order valence-corrected chi connectivity index (χ3v) is 2.77. The summed E-state index contributed by atoms with van der Waals surface area (Å²) in [5, 5.41) is 0. The zero-order chi connectivity index (χ0) is 11.7. The summed E-state index contributed by atoms with van der Waals surface area (Å²) in [5.74, 6) is -0.201. The highest BCUT2D eigenvalue weighted by molar-refractivity contribution is 5.61. The van der Waals surface area contributed by atoms with Crippen LogP contribution in [0, 0.1) is 19.7 Å². The minimum atomic E-state index is -0.201. The first kappa shape index (κ1) is 10.8. The number of aromatic nitrogens is 1. The van der Waals surface area contributed by atoms with E-state index < -0.39 is 0 Å². The molecular weight excluding hydrogens is 201 g/mol. The summed E-state index contributed by atoms with van der Waals surface area (Å²) >= 11 is 0. The van der Waals surface area contributed by atoms with E-state index in [4.69, 9.17) is 0 Å². The Labute approximate surface area is 95.2 Å². The zero-order valence-corrected chi connectivity index (χ0v) is 9.79. The number of hydrogen-bond acceptors (Lipinski definition) is 0. The first-order chi connectivity index (χ1) is 7.58. The van der Waals surface area contributed by atoms with E-state index >= 15 is 0 Å². The Morgan fingerprint density at radius 1 is 1.06 bits per heavy atom. The van der Waals surface area contributed by atoms with Crippen molar-refractivity contribution in [1.29, 1.82) is 0 Å². The van der Waals surface area contributed by atoms with E-state index in [2.05, 4.69) is 13.0 Å². The van der Waals surface area contributed by atoms with Crippen molar-refractivity contribution in [2.75, 3.05) is 0 Å². The summed E-state index contributed by atoms with van der Waals surface area (Å²) < 4.78 is 15.2. The standard InChI is InChI=1S/C14H15FN/c1-10-4-5-13(11(2)8-10)14-9-12(15)6-7-16(14)3/h4-9H,1-3H3/q+1. The third kappa shape index (κ3) is 1.96. The lowest BCUT2D eigenvalue weighted by molar-refractivity contribution is -0.660. The molecule has 2 heteroatoms. The number of benzene rings is 1. The van der Waals surface area contributed by atoms with Crippen LogP contribution >= 0.6 is 0 Å². The van der Waals surface area contributed by atoms with Crippen LogP contribution in [0.2, 0.25) is 0 Å². The minimum absolute atomic E-state index is 0.201. The van der Waals surface area contributed by atoms with Crippen molar-refractivity contribution >= 4 is 0 Å². The molecule has 0 unspecified atom stereocenters. The maximum absolute atomic E-state index is 13.2. The second-order valence-corrected chi connectivity index (χ2v) is 4.16. The Morgan fingerprint density at radius 2 is 1.81 bits per heavy atom. The summed E-state index contributed by atoms with van der Waals surface area (Å²) in [6.45, 7) is 4.11. The van der Waals surface area contributed by atoms with Crippen LogP contribution in [0.4, 0.5) is 4.39 Å². The van der Waals surface area contributed by atoms with Gasteiger partial charge in [-0.25, -0.2) is 8.96 Å². The summed E-state index contributed by atoms with van der Waals surface area (Å²) in [4.78, 5) is 0. The predicted octanol–water partition coefficient (Wildman–Crippen LogP) is 2.93. The summed E-state index contributed by atoms with van der Waals surface area (Å²) in [6, 6.07) is 9.23. The molecule has 0 fully saturated rings. The van der Waals surface area contributed by atoms with E-state index in [1.54, 1.807) is 12.3 Å². The van der Waals surface area contributed by atoms with Gasteiger partial charge in [0.05, 0.1) is 0 Å². The molecular formula is C14H15FN+. The van der Waals surface area contributed by atoms with Gasteiger partial charge in [0.15, 0.2) is 6.20 Å². The molecule has 0 N–H and O–H groups in total. The van der Waals surface area contributed by atoms with E-state index in [0.29, 0.717) is 0 Å². The highest BCUT2D eigenvalue weighted by atomic mass is 19.1. The molecule has 0 radical (unpaired) electrons. The van der Waals surface area contributed by atoms with E-state index in [9.17, 15) is 4.39 Å². The lowest BCUT2D eigenvalue weighted by Crippen LogP contribution is -2.30. The fourth-order valence-corrected chi connectivity index (χ4v) is 1.91. The Hall–Kier alpha value is -1.70. The van der Waals surface area contributed by atoms with Crippen LogP contribution in [0.25, 0.3) is 11.3 Å². The first-order valence-corrected chi connectivity index (χ1v) is 5.31. The van der Waals surface area contributed by atoms with Crippen molar-refractivity contribution in [3.63, 3.8) is 0 Å². The van der Waals surface area contributed by atoms with Gasteiger partial charge in [0.1, 0.15) is 12.9 Å². The molecule has 1 aromatic heterocycles. The van der Waals surface area contributed by atoms with Crippen LogP contribution in [0.5, 0.6) is 0 Å². The predicted molar refractivity (Wildman–Crippen MR) is 62.5 cm³/mol. The number of nitrogens with zero attached hydrogens (tertiary/aromatic N) is 1. The van der Waals surface area contributed by atoms with Gasteiger partial charge >= 0.3 is 0 Å². The van der Waals surface area contributed by atoms with E-state index in [-0.39, 0.29) is 5.82 Å². The number of aryl methyl sites for hydroxylation is 3. The summed E-state index contributed by atoms with van der Waals surface area (Å²) in [5.41, 5.74) is 4.37. The van der Waals surface area contributed by atoms with E-state index in [0.717, 1.165) is 11.3 Å². The highest BCUT2D eigenvalue weighted by Crippen LogP contribution is 2.21. The fraction of sp³-hybridized carbons (Fsp3) is 0.214. The van der Waals surface area contributed by atoms with Crippen LogP contribution in [0.15, 0.2) is 36.5 Å². The van der Waals surface area contributed by atoms with Crippen LogP contribution in [-0.4, -0.2) is 0 Å². The van der Waals surface area contributed by atoms with Crippen molar-refractivity contribution in [2.45, 2.75) is 13.8 Å². The largest absolute Gasteiger partial charge is 0.215 e. The Kier molecular flexibility index (Phi) is 2.73. The summed E-state index contributed by atoms with van der Waals surface area (Å²) in [7, 11) is 1.92. The SMILES string of the molecule is Cc1ccc(-c2cc(F)cc[n+]2C)c(C)c1. The molecule has 0 saturated heterocycles. The molecule has 2 aromatic rings. The Morgan fingerprint density at radius 3 is 2.50 bits per heavy atom. The highest BCUT2D eigenvalue weighted by Gasteiger charge is 2.12. The third-order valence-electron chi connectivity index (χ3n) is 2.77. The molecule has 0 aliphatic rings. The normalized spacial score (nSPS) is 10.5. The van der Waals surface area contributed by atoms with Gasteiger partial charge in [-0.05, 0) is 25.5 Å². The lowest BCUT2D eigenvalue weighted by atomic mass is 10.0. The maximum atomic E-state index is 13.2. The van der Waals surface area contributed by atoms with Crippen LogP contribution in [0.3, 0.4) is 0 Å². The maximum Gasteiger partial charge on any atom is 0.215 e. The van der Waals surface area contributed by atoms with E-state index in [1.807, 2.05) is 30.7 Å². The molecule has 0 amide bonds. The molecule has 0 bridgehead atoms. The molecule has 82 valence electrons. The van der Waals surface area contributed by atoms with Crippen LogP contribution in [-0.2, 0) is 7.05 Å². The molecule has 0 atom stereocenters. The molecule has 0 aliphatic heterocycles. The molecule has 0 spiro atoms. The van der Waals surface area contributed by atoms with Crippen molar-refractivity contribution in [2.24, 2.45) is 7.05 Å². The molecule has 16 heavy (non-hydrogen) atoms. The number of rotatable bonds is 1. The monoisotopic (exact) mass is 216 g/mol. The minimum Gasteiger partial charge on any atom is -0.207 e. The van der Waals surface area contributed by atoms with E-state index in [1.165, 1.54) is 17.2 Å². The molecule has 0 aliphatic carbocycles. The number of hydrogen-bond donors (Lipinski definition) is 0. The Bertz CT molecular complexity index is 532. The molecule has 2 rings (SSSR count). The number of pyridine rings is 1. The van der Waals surface area contributed by atoms with Gasteiger partial charge in [0.25, 0.3) is 0 Å². The van der Waals surface area contributed by atoms with Crippen molar-refractivity contribution in [3.8, 4) is 11.3 Å². The summed E-state index contributed by atoms with van der Waals surface area (Å²) in [6.07, 6.45) is 1.74. The zero-order valence-electron chi connectivity index (χ0n) is 9.79. The fourth-order valence-electron chi connectivity index (χ4n) is 1.91. The van der Waals surface area contributed by atoms with Crippen molar-refractivity contribution < 1.29 is 8.96 Å². The van der Waals surface area contributed by atoms with Crippen LogP contribution in [0.1, 0.15) is 11.1 Å². The van der Waals surface area contributed by atoms with Gasteiger partial charge in [-0.3, -0.25) is 0 Å². The smallest absolute Gasteiger partial charge is 0.207 e. The van der Waals surface area contributed by atoms with Gasteiger partial charge in [-0.2, -0.15) is 0 Å². The van der Waals surface area contributed by atoms with Crippen LogP contribution < -0.4 is 4.57 Å². The Balaban J connectivity index is 2.62. The molecule has 0 saturated carbocycles. The average molecular weight is 216 g/mol. The van der Waals surface area contributed by atoms with Gasteiger partial charge in [-0.15, -0.1) is 0 Å². The van der Waals surface area contributed by atoms with Gasteiger partial charge in [0.2, 0.25) is 5.69 Å².